The first-order chi connectivity index (χ1) is 26.0. The molecule has 0 aliphatic heterocycles. The Morgan fingerprint density at radius 2 is 0.906 bits per heavy atom. The van der Waals surface area contributed by atoms with E-state index in [1.54, 1.807) is 36.9 Å². The first kappa shape index (κ1) is 30.7. The van der Waals surface area contributed by atoms with Crippen molar-refractivity contribution in [3.8, 4) is 45.3 Å². The molecule has 8 heteroatoms. The van der Waals surface area contributed by atoms with Crippen LogP contribution in [0.4, 0.5) is 8.78 Å². The lowest BCUT2D eigenvalue weighted by atomic mass is 9.98. The van der Waals surface area contributed by atoms with Crippen molar-refractivity contribution in [1.29, 1.82) is 0 Å². The summed E-state index contributed by atoms with van der Waals surface area (Å²) in [6, 6.07) is 40.2. The Morgan fingerprint density at radius 3 is 1.43 bits per heavy atom. The average Bonchev–Trinajstić information content (AvgIpc) is 3.71. The van der Waals surface area contributed by atoms with Crippen LogP contribution in [-0.4, -0.2) is 29.1 Å². The van der Waals surface area contributed by atoms with Gasteiger partial charge in [0.1, 0.15) is 11.6 Å². The Balaban J connectivity index is 1.27. The number of aromatic nitrogens is 6. The van der Waals surface area contributed by atoms with Crippen LogP contribution in [0.1, 0.15) is 5.56 Å². The van der Waals surface area contributed by atoms with Gasteiger partial charge < -0.3 is 9.13 Å². The quantitative estimate of drug-likeness (QED) is 0.180. The molecule has 6 aromatic carbocycles. The summed E-state index contributed by atoms with van der Waals surface area (Å²) in [5, 5.41) is 4.05. The zero-order valence-corrected chi connectivity index (χ0v) is 28.4. The third-order valence-corrected chi connectivity index (χ3v) is 10.0. The van der Waals surface area contributed by atoms with Crippen LogP contribution < -0.4 is 0 Å². The molecule has 6 nitrogen and oxygen atoms in total. The van der Waals surface area contributed by atoms with Crippen molar-refractivity contribution in [2.75, 3.05) is 0 Å². The van der Waals surface area contributed by atoms with Gasteiger partial charge in [0.15, 0.2) is 11.6 Å². The topological polar surface area (TPSA) is 61.4 Å². The molecule has 10 aromatic rings. The maximum absolute atomic E-state index is 16.0. The van der Waals surface area contributed by atoms with Crippen LogP contribution >= 0.6 is 0 Å². The normalized spacial score (nSPS) is 11.7. The lowest BCUT2D eigenvalue weighted by Crippen LogP contribution is -2.05. The van der Waals surface area contributed by atoms with E-state index >= 15 is 8.78 Å². The summed E-state index contributed by atoms with van der Waals surface area (Å²) in [6.45, 7) is 2.05. The van der Waals surface area contributed by atoms with Crippen LogP contribution in [0.2, 0.25) is 0 Å². The number of fused-ring (bicyclic) bond motifs is 6. The molecule has 4 aromatic heterocycles. The van der Waals surface area contributed by atoms with Gasteiger partial charge in [-0.1, -0.05) is 42.5 Å². The van der Waals surface area contributed by atoms with E-state index in [0.29, 0.717) is 22.9 Å². The summed E-state index contributed by atoms with van der Waals surface area (Å²) in [7, 11) is 0. The monoisotopic (exact) mass is 690 g/mol. The molecule has 0 aliphatic carbocycles. The van der Waals surface area contributed by atoms with Gasteiger partial charge in [0.05, 0.1) is 33.3 Å². The molecule has 0 unspecified atom stereocenters. The lowest BCUT2D eigenvalue weighted by molar-refractivity contribution is 0.589. The molecule has 0 spiro atoms. The molecular formula is C45H28F2N6. The summed E-state index contributed by atoms with van der Waals surface area (Å²) in [5.41, 5.74) is 8.24. The molecule has 0 saturated carbocycles. The highest BCUT2D eigenvalue weighted by molar-refractivity contribution is 6.12. The molecule has 0 fully saturated rings. The molecule has 0 amide bonds. The Labute approximate surface area is 302 Å². The predicted molar refractivity (Wildman–Crippen MR) is 207 cm³/mol. The van der Waals surface area contributed by atoms with E-state index in [-0.39, 0.29) is 5.56 Å². The van der Waals surface area contributed by atoms with Crippen LogP contribution in [0.3, 0.4) is 0 Å². The van der Waals surface area contributed by atoms with Crippen molar-refractivity contribution in [2.45, 2.75) is 6.92 Å². The van der Waals surface area contributed by atoms with Gasteiger partial charge in [0.25, 0.3) is 0 Å². The summed E-state index contributed by atoms with van der Waals surface area (Å²) in [4.78, 5) is 17.9. The predicted octanol–water partition coefficient (Wildman–Crippen LogP) is 11.0. The highest BCUT2D eigenvalue weighted by atomic mass is 19.1. The number of nitrogens with zero attached hydrogens (tertiary/aromatic N) is 6. The maximum Gasteiger partial charge on any atom is 0.159 e. The van der Waals surface area contributed by atoms with E-state index < -0.39 is 11.6 Å². The van der Waals surface area contributed by atoms with Crippen LogP contribution in [0, 0.1) is 18.6 Å². The minimum absolute atomic E-state index is 0.0896. The van der Waals surface area contributed by atoms with E-state index in [0.717, 1.165) is 66.0 Å². The smallest absolute Gasteiger partial charge is 0.159 e. The SMILES string of the molecule is Cc1cc(-n2c3ccccc3c3cc(-c4ncccn4)ccc32)c(-c2c(F)cccc2F)cc1-n1c2ccccc2c2cc(-c3ncccn3)ccc21. The van der Waals surface area contributed by atoms with E-state index in [1.165, 1.54) is 18.2 Å². The zero-order chi connectivity index (χ0) is 35.6. The highest BCUT2D eigenvalue weighted by Crippen LogP contribution is 2.42. The first-order valence-corrected chi connectivity index (χ1v) is 17.3. The van der Waals surface area contributed by atoms with Gasteiger partial charge in [-0.2, -0.15) is 0 Å². The fourth-order valence-corrected chi connectivity index (χ4v) is 7.70. The minimum Gasteiger partial charge on any atom is -0.309 e. The average molecular weight is 691 g/mol. The van der Waals surface area contributed by atoms with Crippen molar-refractivity contribution in [3.05, 3.63) is 169 Å². The zero-order valence-electron chi connectivity index (χ0n) is 28.4. The molecule has 10 rings (SSSR count). The minimum atomic E-state index is -0.639. The van der Waals surface area contributed by atoms with Crippen LogP contribution in [-0.2, 0) is 0 Å². The molecule has 0 saturated heterocycles. The second kappa shape index (κ2) is 12.0. The number of aryl methyl sites for hydroxylation is 1. The molecule has 0 bridgehead atoms. The van der Waals surface area contributed by atoms with Crippen LogP contribution in [0.25, 0.3) is 88.9 Å². The van der Waals surface area contributed by atoms with E-state index in [9.17, 15) is 0 Å². The van der Waals surface area contributed by atoms with Gasteiger partial charge in [-0.05, 0) is 97.4 Å². The largest absolute Gasteiger partial charge is 0.309 e. The number of halogens is 2. The van der Waals surface area contributed by atoms with Gasteiger partial charge in [0.2, 0.25) is 0 Å². The number of rotatable bonds is 5. The summed E-state index contributed by atoms with van der Waals surface area (Å²) in [6.07, 6.45) is 6.92. The van der Waals surface area contributed by atoms with Gasteiger partial charge in [-0.15, -0.1) is 0 Å². The van der Waals surface area contributed by atoms with E-state index in [4.69, 9.17) is 0 Å². The number of benzene rings is 6. The van der Waals surface area contributed by atoms with Crippen molar-refractivity contribution in [1.82, 2.24) is 29.1 Å². The first-order valence-electron chi connectivity index (χ1n) is 17.3. The van der Waals surface area contributed by atoms with E-state index in [1.807, 2.05) is 67.6 Å². The molecule has 0 N–H and O–H groups in total. The molecule has 252 valence electrons. The van der Waals surface area contributed by atoms with Crippen molar-refractivity contribution in [3.63, 3.8) is 0 Å². The Morgan fingerprint density at radius 1 is 0.434 bits per heavy atom. The number of para-hydroxylation sites is 2. The number of hydrogen-bond donors (Lipinski definition) is 0. The Kier molecular flexibility index (Phi) is 6.97. The summed E-state index contributed by atoms with van der Waals surface area (Å²) >= 11 is 0. The molecule has 4 heterocycles. The van der Waals surface area contributed by atoms with Gasteiger partial charge >= 0.3 is 0 Å². The standard InChI is InChI=1S/C45H28F2N6/c1-27-23-42(53-38-14-5-3-10-31(38)33-25-29(16-18-40(33)53)45-50-21-8-22-51-45)34(43-35(46)11-6-12-36(43)47)26-41(27)52-37-13-4-2-9-30(37)32-24-28(15-17-39(32)52)44-48-19-7-20-49-44/h2-26H,1H3. The summed E-state index contributed by atoms with van der Waals surface area (Å²) in [5.74, 6) is -0.0195. The molecule has 0 atom stereocenters. The van der Waals surface area contributed by atoms with Gasteiger partial charge in [-0.3, -0.25) is 0 Å². The maximum atomic E-state index is 16.0. The second-order valence-corrected chi connectivity index (χ2v) is 13.1. The fourth-order valence-electron chi connectivity index (χ4n) is 7.70. The van der Waals surface area contributed by atoms with Crippen molar-refractivity contribution in [2.24, 2.45) is 0 Å². The Bertz CT molecular complexity index is 3020. The van der Waals surface area contributed by atoms with Gasteiger partial charge in [0, 0.05) is 68.7 Å². The van der Waals surface area contributed by atoms with Crippen molar-refractivity contribution < 1.29 is 8.78 Å². The van der Waals surface area contributed by atoms with Crippen LogP contribution in [0.15, 0.2) is 152 Å². The Hall–Kier alpha value is -7.06. The highest BCUT2D eigenvalue weighted by Gasteiger charge is 2.24. The molecule has 0 radical (unpaired) electrons. The van der Waals surface area contributed by atoms with E-state index in [2.05, 4.69) is 65.5 Å². The second-order valence-electron chi connectivity index (χ2n) is 13.1. The summed E-state index contributed by atoms with van der Waals surface area (Å²) < 4.78 is 36.3. The lowest BCUT2D eigenvalue weighted by Gasteiger charge is -2.20. The molecular weight excluding hydrogens is 663 g/mol. The van der Waals surface area contributed by atoms with Gasteiger partial charge in [-0.25, -0.2) is 28.7 Å². The third kappa shape index (κ3) is 4.83. The molecule has 0 aliphatic rings. The van der Waals surface area contributed by atoms with Crippen LogP contribution in [0.5, 0.6) is 0 Å². The molecule has 53 heavy (non-hydrogen) atoms. The van der Waals surface area contributed by atoms with Crippen molar-refractivity contribution >= 4 is 43.6 Å². The fraction of sp³-hybridized carbons (Fsp3) is 0.0222. The third-order valence-electron chi connectivity index (χ3n) is 10.0. The number of hydrogen-bond acceptors (Lipinski definition) is 4.